The summed E-state index contributed by atoms with van der Waals surface area (Å²) in [6.07, 6.45) is 3.48. The van der Waals surface area contributed by atoms with Gasteiger partial charge in [-0.2, -0.15) is 0 Å². The van der Waals surface area contributed by atoms with E-state index in [0.29, 0.717) is 0 Å². The van der Waals surface area contributed by atoms with Gasteiger partial charge in [-0.25, -0.2) is 4.98 Å². The molecule has 0 amide bonds. The second-order valence-corrected chi connectivity index (χ2v) is 5.00. The zero-order chi connectivity index (χ0) is 14.7. The lowest BCUT2D eigenvalue weighted by Crippen LogP contribution is -2.06. The summed E-state index contributed by atoms with van der Waals surface area (Å²) >= 11 is 0. The molecule has 0 bridgehead atoms. The lowest BCUT2D eigenvalue weighted by molar-refractivity contribution is 0.474. The molecule has 1 unspecified atom stereocenters. The third-order valence-corrected chi connectivity index (χ3v) is 3.45. The number of nitrogens with zero attached hydrogens (tertiary/aromatic N) is 1. The highest BCUT2D eigenvalue weighted by atomic mass is 16.3. The number of hydrogen-bond acceptors (Lipinski definition) is 3. The molecule has 0 aliphatic rings. The Labute approximate surface area is 123 Å². The standard InChI is InChI=1S/C17H17N3O/c1-12(14-3-2-4-16(21)9-14)20-15-7-5-13(6-8-15)17-10-18-11-19-17/h2-12,20-21H,1H3,(H,18,19). The Bertz CT molecular complexity index is 705. The summed E-state index contributed by atoms with van der Waals surface area (Å²) in [5, 5.41) is 13.0. The molecule has 3 rings (SSSR count). The van der Waals surface area contributed by atoms with Crippen LogP contribution in [0.2, 0.25) is 0 Å². The summed E-state index contributed by atoms with van der Waals surface area (Å²) < 4.78 is 0. The maximum absolute atomic E-state index is 9.53. The number of nitrogens with one attached hydrogen (secondary N) is 2. The summed E-state index contributed by atoms with van der Waals surface area (Å²) in [4.78, 5) is 7.11. The van der Waals surface area contributed by atoms with E-state index in [2.05, 4.69) is 22.2 Å². The number of imidazole rings is 1. The number of phenolic OH excluding ortho intramolecular Hbond substituents is 1. The number of H-pyrrole nitrogens is 1. The number of rotatable bonds is 4. The molecule has 21 heavy (non-hydrogen) atoms. The first-order valence-corrected chi connectivity index (χ1v) is 6.86. The van der Waals surface area contributed by atoms with Gasteiger partial charge in [-0.15, -0.1) is 0 Å². The minimum atomic E-state index is 0.120. The highest BCUT2D eigenvalue weighted by Crippen LogP contribution is 2.24. The Balaban J connectivity index is 1.73. The zero-order valence-electron chi connectivity index (χ0n) is 11.7. The molecule has 2 aromatic carbocycles. The number of phenols is 1. The van der Waals surface area contributed by atoms with Crippen molar-refractivity contribution in [2.75, 3.05) is 5.32 Å². The molecule has 0 radical (unpaired) electrons. The maximum atomic E-state index is 9.53. The van der Waals surface area contributed by atoms with Crippen LogP contribution < -0.4 is 5.32 Å². The van der Waals surface area contributed by atoms with Gasteiger partial charge < -0.3 is 15.4 Å². The second-order valence-electron chi connectivity index (χ2n) is 5.00. The molecule has 0 aliphatic heterocycles. The van der Waals surface area contributed by atoms with Crippen LogP contribution in [0, 0.1) is 0 Å². The molecule has 0 aliphatic carbocycles. The molecular formula is C17H17N3O. The van der Waals surface area contributed by atoms with E-state index in [1.165, 1.54) is 0 Å². The van der Waals surface area contributed by atoms with E-state index >= 15 is 0 Å². The molecule has 3 aromatic rings. The first-order chi connectivity index (χ1) is 10.2. The molecule has 1 aromatic heterocycles. The zero-order valence-corrected chi connectivity index (χ0v) is 11.7. The van der Waals surface area contributed by atoms with Crippen LogP contribution in [0.3, 0.4) is 0 Å². The molecule has 4 nitrogen and oxygen atoms in total. The van der Waals surface area contributed by atoms with Crippen LogP contribution in [0.25, 0.3) is 11.3 Å². The van der Waals surface area contributed by atoms with Crippen molar-refractivity contribution in [3.05, 3.63) is 66.6 Å². The fourth-order valence-electron chi connectivity index (χ4n) is 2.29. The van der Waals surface area contributed by atoms with Crippen molar-refractivity contribution in [3.63, 3.8) is 0 Å². The van der Waals surface area contributed by atoms with E-state index < -0.39 is 0 Å². The van der Waals surface area contributed by atoms with E-state index in [4.69, 9.17) is 0 Å². The van der Waals surface area contributed by atoms with Crippen molar-refractivity contribution < 1.29 is 5.11 Å². The van der Waals surface area contributed by atoms with E-state index in [1.54, 1.807) is 24.7 Å². The molecule has 106 valence electrons. The lowest BCUT2D eigenvalue weighted by atomic mass is 10.1. The maximum Gasteiger partial charge on any atom is 0.115 e. The van der Waals surface area contributed by atoms with E-state index in [-0.39, 0.29) is 11.8 Å². The molecule has 0 saturated heterocycles. The van der Waals surface area contributed by atoms with Gasteiger partial charge >= 0.3 is 0 Å². The Morgan fingerprint density at radius 3 is 2.62 bits per heavy atom. The van der Waals surface area contributed by atoms with Crippen molar-refractivity contribution in [1.82, 2.24) is 9.97 Å². The van der Waals surface area contributed by atoms with Gasteiger partial charge in [-0.1, -0.05) is 24.3 Å². The highest BCUT2D eigenvalue weighted by molar-refractivity contribution is 5.62. The SMILES string of the molecule is CC(Nc1ccc(-c2cnc[nH]2)cc1)c1cccc(O)c1. The fraction of sp³-hybridized carbons (Fsp3) is 0.118. The Kier molecular flexibility index (Phi) is 3.60. The summed E-state index contributed by atoms with van der Waals surface area (Å²) in [5.41, 5.74) is 4.19. The molecular weight excluding hydrogens is 262 g/mol. The molecule has 0 saturated carbocycles. The van der Waals surface area contributed by atoms with Gasteiger partial charge in [0.2, 0.25) is 0 Å². The summed E-state index contributed by atoms with van der Waals surface area (Å²) in [6.45, 7) is 2.07. The monoisotopic (exact) mass is 279 g/mol. The molecule has 1 heterocycles. The topological polar surface area (TPSA) is 60.9 Å². The number of aromatic hydroxyl groups is 1. The normalized spacial score (nSPS) is 12.0. The van der Waals surface area contributed by atoms with Crippen molar-refractivity contribution in [1.29, 1.82) is 0 Å². The smallest absolute Gasteiger partial charge is 0.115 e. The van der Waals surface area contributed by atoms with E-state index in [1.807, 2.05) is 36.4 Å². The van der Waals surface area contributed by atoms with Crippen molar-refractivity contribution in [2.24, 2.45) is 0 Å². The number of aromatic amines is 1. The minimum Gasteiger partial charge on any atom is -0.508 e. The Morgan fingerprint density at radius 2 is 1.95 bits per heavy atom. The van der Waals surface area contributed by atoms with Crippen LogP contribution in [0.5, 0.6) is 5.75 Å². The molecule has 3 N–H and O–H groups in total. The number of anilines is 1. The molecule has 0 spiro atoms. The molecule has 0 fully saturated rings. The van der Waals surface area contributed by atoms with Gasteiger partial charge in [0.25, 0.3) is 0 Å². The van der Waals surface area contributed by atoms with Crippen LogP contribution in [-0.2, 0) is 0 Å². The summed E-state index contributed by atoms with van der Waals surface area (Å²) in [6, 6.07) is 15.6. The minimum absolute atomic E-state index is 0.120. The van der Waals surface area contributed by atoms with E-state index in [0.717, 1.165) is 22.5 Å². The quantitative estimate of drug-likeness (QED) is 0.677. The highest BCUT2D eigenvalue weighted by Gasteiger charge is 2.06. The average Bonchev–Trinajstić information content (AvgIpc) is 3.02. The van der Waals surface area contributed by atoms with Crippen LogP contribution in [0.1, 0.15) is 18.5 Å². The second kappa shape index (κ2) is 5.71. The number of aromatic nitrogens is 2. The number of benzene rings is 2. The van der Waals surface area contributed by atoms with Crippen molar-refractivity contribution in [2.45, 2.75) is 13.0 Å². The summed E-state index contributed by atoms with van der Waals surface area (Å²) in [5.74, 6) is 0.288. The molecule has 1 atom stereocenters. The van der Waals surface area contributed by atoms with Gasteiger partial charge in [-0.05, 0) is 42.3 Å². The largest absolute Gasteiger partial charge is 0.508 e. The van der Waals surface area contributed by atoms with Gasteiger partial charge in [0.05, 0.1) is 18.2 Å². The lowest BCUT2D eigenvalue weighted by Gasteiger charge is -2.16. The third kappa shape index (κ3) is 3.05. The van der Waals surface area contributed by atoms with Crippen LogP contribution >= 0.6 is 0 Å². The van der Waals surface area contributed by atoms with Gasteiger partial charge in [0.15, 0.2) is 0 Å². The van der Waals surface area contributed by atoms with Gasteiger partial charge in [-0.3, -0.25) is 0 Å². The van der Waals surface area contributed by atoms with E-state index in [9.17, 15) is 5.11 Å². The van der Waals surface area contributed by atoms with Crippen LogP contribution in [0.4, 0.5) is 5.69 Å². The fourth-order valence-corrected chi connectivity index (χ4v) is 2.29. The number of hydrogen-bond donors (Lipinski definition) is 3. The molecule has 4 heteroatoms. The van der Waals surface area contributed by atoms with Gasteiger partial charge in [0, 0.05) is 11.7 Å². The predicted octanol–water partition coefficient (Wildman–Crippen LogP) is 3.96. The van der Waals surface area contributed by atoms with Crippen molar-refractivity contribution >= 4 is 5.69 Å². The van der Waals surface area contributed by atoms with Crippen molar-refractivity contribution in [3.8, 4) is 17.0 Å². The predicted molar refractivity (Wildman–Crippen MR) is 84.2 cm³/mol. The first-order valence-electron chi connectivity index (χ1n) is 6.86. The Morgan fingerprint density at radius 1 is 1.14 bits per heavy atom. The van der Waals surface area contributed by atoms with Gasteiger partial charge in [0.1, 0.15) is 5.75 Å². The van der Waals surface area contributed by atoms with Crippen LogP contribution in [-0.4, -0.2) is 15.1 Å². The Hall–Kier alpha value is -2.75. The first kappa shape index (κ1) is 13.2. The summed E-state index contributed by atoms with van der Waals surface area (Å²) in [7, 11) is 0. The van der Waals surface area contributed by atoms with Crippen LogP contribution in [0.15, 0.2) is 61.1 Å². The average molecular weight is 279 g/mol. The third-order valence-electron chi connectivity index (χ3n) is 3.45.